The fourth-order valence-electron chi connectivity index (χ4n) is 4.60. The molecule has 2 fully saturated rings. The van der Waals surface area contributed by atoms with Crippen molar-refractivity contribution in [3.05, 3.63) is 23.8 Å². The van der Waals surface area contributed by atoms with E-state index in [1.165, 1.54) is 30.0 Å². The van der Waals surface area contributed by atoms with Crippen LogP contribution in [-0.2, 0) is 14.8 Å². The van der Waals surface area contributed by atoms with Gasteiger partial charge in [0.15, 0.2) is 0 Å². The number of benzene rings is 1. The molecule has 2 amide bonds. The molecule has 0 N–H and O–H groups in total. The van der Waals surface area contributed by atoms with E-state index in [1.807, 2.05) is 4.90 Å². The zero-order valence-corrected chi connectivity index (χ0v) is 20.2. The Balaban J connectivity index is 1.72. The maximum absolute atomic E-state index is 13.1. The minimum Gasteiger partial charge on any atom is -0.495 e. The molecule has 9 heteroatoms. The SMILES string of the molecule is CCN(CC)S(=O)(=O)c1cc(C(=O)N2CCC(C(=O)N3CCCCC3)CC2)ccc1OC. The van der Waals surface area contributed by atoms with E-state index in [4.69, 9.17) is 4.74 Å². The highest BCUT2D eigenvalue weighted by molar-refractivity contribution is 7.89. The van der Waals surface area contributed by atoms with Crippen LogP contribution in [0.2, 0.25) is 0 Å². The lowest BCUT2D eigenvalue weighted by molar-refractivity contribution is -0.137. The second-order valence-corrected chi connectivity index (χ2v) is 10.3. The predicted octanol–water partition coefficient (Wildman–Crippen LogP) is 2.59. The number of methoxy groups -OCH3 is 1. The smallest absolute Gasteiger partial charge is 0.253 e. The number of hydrogen-bond donors (Lipinski definition) is 0. The maximum atomic E-state index is 13.1. The van der Waals surface area contributed by atoms with Crippen LogP contribution < -0.4 is 4.74 Å². The van der Waals surface area contributed by atoms with Crippen molar-refractivity contribution in [2.45, 2.75) is 50.8 Å². The monoisotopic (exact) mass is 465 g/mol. The Morgan fingerprint density at radius 3 is 2.19 bits per heavy atom. The summed E-state index contributed by atoms with van der Waals surface area (Å²) in [5.74, 6) is 0.187. The first kappa shape index (κ1) is 24.5. The van der Waals surface area contributed by atoms with E-state index < -0.39 is 10.0 Å². The van der Waals surface area contributed by atoms with Gasteiger partial charge in [0.2, 0.25) is 15.9 Å². The molecule has 2 heterocycles. The summed E-state index contributed by atoms with van der Waals surface area (Å²) < 4.78 is 32.8. The third-order valence-corrected chi connectivity index (χ3v) is 8.60. The quantitative estimate of drug-likeness (QED) is 0.618. The topological polar surface area (TPSA) is 87.2 Å². The van der Waals surface area contributed by atoms with Crippen molar-refractivity contribution >= 4 is 21.8 Å². The lowest BCUT2D eigenvalue weighted by Gasteiger charge is -2.35. The molecule has 32 heavy (non-hydrogen) atoms. The first-order valence-electron chi connectivity index (χ1n) is 11.6. The number of ether oxygens (including phenoxy) is 1. The highest BCUT2D eigenvalue weighted by Crippen LogP contribution is 2.29. The van der Waals surface area contributed by atoms with E-state index >= 15 is 0 Å². The molecule has 2 aliphatic rings. The third kappa shape index (κ3) is 5.09. The normalized spacial score (nSPS) is 18.1. The van der Waals surface area contributed by atoms with Gasteiger partial charge in [-0.05, 0) is 50.3 Å². The first-order chi connectivity index (χ1) is 15.3. The molecule has 0 atom stereocenters. The molecular formula is C23H35N3O5S. The molecule has 2 saturated heterocycles. The van der Waals surface area contributed by atoms with E-state index in [0.29, 0.717) is 44.6 Å². The van der Waals surface area contributed by atoms with E-state index in [2.05, 4.69) is 0 Å². The van der Waals surface area contributed by atoms with Gasteiger partial charge >= 0.3 is 0 Å². The molecule has 1 aromatic carbocycles. The Bertz CT molecular complexity index is 916. The zero-order chi connectivity index (χ0) is 23.3. The van der Waals surface area contributed by atoms with Gasteiger partial charge in [-0.3, -0.25) is 9.59 Å². The zero-order valence-electron chi connectivity index (χ0n) is 19.4. The van der Waals surface area contributed by atoms with Gasteiger partial charge in [-0.25, -0.2) is 8.42 Å². The molecular weight excluding hydrogens is 430 g/mol. The fraction of sp³-hybridized carbons (Fsp3) is 0.652. The molecule has 2 aliphatic heterocycles. The summed E-state index contributed by atoms with van der Waals surface area (Å²) in [5, 5.41) is 0. The van der Waals surface area contributed by atoms with Crippen LogP contribution in [0.25, 0.3) is 0 Å². The number of carbonyl (C=O) groups is 2. The molecule has 0 bridgehead atoms. The van der Waals surface area contributed by atoms with Crippen LogP contribution in [0.1, 0.15) is 56.3 Å². The van der Waals surface area contributed by atoms with Crippen molar-refractivity contribution < 1.29 is 22.7 Å². The largest absolute Gasteiger partial charge is 0.495 e. The Kier molecular flexibility index (Phi) is 8.16. The predicted molar refractivity (Wildman–Crippen MR) is 122 cm³/mol. The van der Waals surface area contributed by atoms with Gasteiger partial charge in [-0.2, -0.15) is 4.31 Å². The van der Waals surface area contributed by atoms with Crippen LogP contribution in [0.5, 0.6) is 5.75 Å². The molecule has 0 spiro atoms. The highest BCUT2D eigenvalue weighted by Gasteiger charge is 2.32. The van der Waals surface area contributed by atoms with E-state index in [-0.39, 0.29) is 28.4 Å². The number of likely N-dealkylation sites (tertiary alicyclic amines) is 2. The number of sulfonamides is 1. The van der Waals surface area contributed by atoms with E-state index in [0.717, 1.165) is 25.9 Å². The highest BCUT2D eigenvalue weighted by atomic mass is 32.2. The number of amides is 2. The first-order valence-corrected chi connectivity index (χ1v) is 13.0. The van der Waals surface area contributed by atoms with Gasteiger partial charge in [0.05, 0.1) is 7.11 Å². The number of hydrogen-bond acceptors (Lipinski definition) is 5. The summed E-state index contributed by atoms with van der Waals surface area (Å²) in [5.41, 5.74) is 0.317. The average Bonchev–Trinajstić information content (AvgIpc) is 2.84. The summed E-state index contributed by atoms with van der Waals surface area (Å²) >= 11 is 0. The summed E-state index contributed by atoms with van der Waals surface area (Å²) in [6.45, 7) is 6.88. The van der Waals surface area contributed by atoms with Crippen molar-refractivity contribution in [3.8, 4) is 5.75 Å². The van der Waals surface area contributed by atoms with Crippen LogP contribution in [-0.4, -0.2) is 80.7 Å². The second kappa shape index (κ2) is 10.7. The number of piperidine rings is 2. The Morgan fingerprint density at radius 2 is 1.62 bits per heavy atom. The van der Waals surface area contributed by atoms with Crippen LogP contribution in [0.3, 0.4) is 0 Å². The van der Waals surface area contributed by atoms with E-state index in [1.54, 1.807) is 24.8 Å². The molecule has 1 aromatic rings. The molecule has 3 rings (SSSR count). The Hall–Kier alpha value is -2.13. The van der Waals surface area contributed by atoms with Crippen molar-refractivity contribution in [2.75, 3.05) is 46.4 Å². The molecule has 178 valence electrons. The van der Waals surface area contributed by atoms with Crippen molar-refractivity contribution in [2.24, 2.45) is 5.92 Å². The van der Waals surface area contributed by atoms with E-state index in [9.17, 15) is 18.0 Å². The van der Waals surface area contributed by atoms with Crippen LogP contribution in [0, 0.1) is 5.92 Å². The molecule has 0 saturated carbocycles. The van der Waals surface area contributed by atoms with Gasteiger partial charge < -0.3 is 14.5 Å². The van der Waals surface area contributed by atoms with Crippen LogP contribution >= 0.6 is 0 Å². The number of carbonyl (C=O) groups excluding carboxylic acids is 2. The second-order valence-electron chi connectivity index (χ2n) is 8.41. The average molecular weight is 466 g/mol. The summed E-state index contributed by atoms with van der Waals surface area (Å²) in [4.78, 5) is 29.6. The molecule has 0 radical (unpaired) electrons. The van der Waals surface area contributed by atoms with Gasteiger partial charge in [0.25, 0.3) is 5.91 Å². The third-order valence-electron chi connectivity index (χ3n) is 6.53. The molecule has 0 unspecified atom stereocenters. The van der Waals surface area contributed by atoms with Crippen LogP contribution in [0.15, 0.2) is 23.1 Å². The van der Waals surface area contributed by atoms with Gasteiger partial charge in [0.1, 0.15) is 10.6 Å². The van der Waals surface area contributed by atoms with Gasteiger partial charge in [-0.15, -0.1) is 0 Å². The minimum absolute atomic E-state index is 0.00436. The van der Waals surface area contributed by atoms with Crippen molar-refractivity contribution in [3.63, 3.8) is 0 Å². The van der Waals surface area contributed by atoms with Gasteiger partial charge in [-0.1, -0.05) is 13.8 Å². The molecule has 0 aliphatic carbocycles. The Labute approximate surface area is 191 Å². The minimum atomic E-state index is -3.78. The van der Waals surface area contributed by atoms with Crippen molar-refractivity contribution in [1.29, 1.82) is 0 Å². The number of nitrogens with zero attached hydrogens (tertiary/aromatic N) is 3. The standard InChI is InChI=1S/C23H35N3O5S/c1-4-26(5-2)32(29,30)21-17-19(9-10-20(21)31-3)23(28)25-15-11-18(12-16-25)22(27)24-13-7-6-8-14-24/h9-10,17-18H,4-8,11-16H2,1-3H3. The Morgan fingerprint density at radius 1 is 1.00 bits per heavy atom. The molecule has 8 nitrogen and oxygen atoms in total. The molecule has 0 aromatic heterocycles. The van der Waals surface area contributed by atoms with Gasteiger partial charge in [0, 0.05) is 50.7 Å². The summed E-state index contributed by atoms with van der Waals surface area (Å²) in [6.07, 6.45) is 4.60. The lowest BCUT2D eigenvalue weighted by atomic mass is 9.94. The van der Waals surface area contributed by atoms with Crippen molar-refractivity contribution in [1.82, 2.24) is 14.1 Å². The fourth-order valence-corrected chi connectivity index (χ4v) is 6.24. The van der Waals surface area contributed by atoms with Crippen LogP contribution in [0.4, 0.5) is 0 Å². The maximum Gasteiger partial charge on any atom is 0.253 e. The lowest BCUT2D eigenvalue weighted by Crippen LogP contribution is -2.45. The summed E-state index contributed by atoms with van der Waals surface area (Å²) in [7, 11) is -2.36. The number of rotatable bonds is 7. The summed E-state index contributed by atoms with van der Waals surface area (Å²) in [6, 6.07) is 4.56.